The Morgan fingerprint density at radius 2 is 2.00 bits per heavy atom. The third-order valence-corrected chi connectivity index (χ3v) is 4.41. The van der Waals surface area contributed by atoms with E-state index in [4.69, 9.17) is 0 Å². The molecule has 1 heterocycles. The lowest BCUT2D eigenvalue weighted by Crippen LogP contribution is -2.36. The van der Waals surface area contributed by atoms with Crippen LogP contribution in [0, 0.1) is 11.3 Å². The Bertz CT molecular complexity index is 394. The van der Waals surface area contributed by atoms with Crippen molar-refractivity contribution in [1.82, 2.24) is 14.8 Å². The largest absolute Gasteiger partial charge is 0.392 e. The van der Waals surface area contributed by atoms with Crippen molar-refractivity contribution in [2.45, 2.75) is 71.9 Å². The Hall–Kier alpha value is -0.900. The molecule has 0 amide bonds. The van der Waals surface area contributed by atoms with Crippen molar-refractivity contribution in [2.24, 2.45) is 11.3 Å². The monoisotopic (exact) mass is 265 g/mol. The predicted octanol–water partition coefficient (Wildman–Crippen LogP) is 2.81. The molecule has 0 saturated heterocycles. The first-order valence-corrected chi connectivity index (χ1v) is 7.56. The standard InChI is InChI=1S/C15H27N3O/c1-12(2)10-18-14(16-11-17-18)9-13(19)15(3)7-5-4-6-8-15/h11-13,19H,4-10H2,1-3H3. The summed E-state index contributed by atoms with van der Waals surface area (Å²) < 4.78 is 1.94. The molecule has 4 heteroatoms. The number of aliphatic hydroxyl groups is 1. The molecule has 108 valence electrons. The van der Waals surface area contributed by atoms with Crippen LogP contribution in [0.1, 0.15) is 58.7 Å². The van der Waals surface area contributed by atoms with Crippen LogP contribution >= 0.6 is 0 Å². The van der Waals surface area contributed by atoms with Gasteiger partial charge in [-0.05, 0) is 24.2 Å². The van der Waals surface area contributed by atoms with Gasteiger partial charge in [-0.2, -0.15) is 5.10 Å². The Morgan fingerprint density at radius 3 is 2.63 bits per heavy atom. The second-order valence-corrected chi connectivity index (χ2v) is 6.69. The molecule has 0 spiro atoms. The lowest BCUT2D eigenvalue weighted by Gasteiger charge is -2.37. The molecule has 1 fully saturated rings. The predicted molar refractivity (Wildman–Crippen MR) is 75.8 cm³/mol. The van der Waals surface area contributed by atoms with Crippen LogP contribution in [0.2, 0.25) is 0 Å². The maximum absolute atomic E-state index is 10.6. The van der Waals surface area contributed by atoms with Crippen molar-refractivity contribution in [3.8, 4) is 0 Å². The average molecular weight is 265 g/mol. The van der Waals surface area contributed by atoms with E-state index in [1.807, 2.05) is 4.68 Å². The van der Waals surface area contributed by atoms with E-state index < -0.39 is 0 Å². The van der Waals surface area contributed by atoms with Crippen LogP contribution in [-0.4, -0.2) is 26.0 Å². The quantitative estimate of drug-likeness (QED) is 0.890. The van der Waals surface area contributed by atoms with Crippen LogP contribution in [0.5, 0.6) is 0 Å². The van der Waals surface area contributed by atoms with Gasteiger partial charge in [0.25, 0.3) is 0 Å². The SMILES string of the molecule is CC(C)Cn1ncnc1CC(O)C1(C)CCCCC1. The smallest absolute Gasteiger partial charge is 0.138 e. The fraction of sp³-hybridized carbons (Fsp3) is 0.867. The van der Waals surface area contributed by atoms with Crippen molar-refractivity contribution < 1.29 is 5.11 Å². The minimum absolute atomic E-state index is 0.0624. The molecule has 1 aromatic rings. The first kappa shape index (κ1) is 14.5. The third-order valence-electron chi connectivity index (χ3n) is 4.41. The fourth-order valence-corrected chi connectivity index (χ4v) is 3.06. The Labute approximate surface area is 116 Å². The zero-order valence-corrected chi connectivity index (χ0v) is 12.5. The molecule has 1 saturated carbocycles. The van der Waals surface area contributed by atoms with E-state index in [0.717, 1.165) is 25.2 Å². The van der Waals surface area contributed by atoms with Gasteiger partial charge in [0.1, 0.15) is 12.2 Å². The number of aliphatic hydroxyl groups excluding tert-OH is 1. The van der Waals surface area contributed by atoms with Crippen LogP contribution in [0.3, 0.4) is 0 Å². The highest BCUT2D eigenvalue weighted by atomic mass is 16.3. The summed E-state index contributed by atoms with van der Waals surface area (Å²) >= 11 is 0. The van der Waals surface area contributed by atoms with Gasteiger partial charge in [-0.25, -0.2) is 9.67 Å². The molecule has 0 aliphatic heterocycles. The Morgan fingerprint density at radius 1 is 1.32 bits per heavy atom. The summed E-state index contributed by atoms with van der Waals surface area (Å²) in [7, 11) is 0. The highest BCUT2D eigenvalue weighted by Gasteiger charge is 2.35. The molecular weight excluding hydrogens is 238 g/mol. The summed E-state index contributed by atoms with van der Waals surface area (Å²) in [6.07, 6.45) is 7.99. The second-order valence-electron chi connectivity index (χ2n) is 6.69. The Kier molecular flexibility index (Phi) is 4.61. The highest BCUT2D eigenvalue weighted by molar-refractivity contribution is 4.94. The van der Waals surface area contributed by atoms with Crippen LogP contribution in [0.4, 0.5) is 0 Å². The van der Waals surface area contributed by atoms with Gasteiger partial charge in [0.15, 0.2) is 0 Å². The van der Waals surface area contributed by atoms with Gasteiger partial charge in [-0.15, -0.1) is 0 Å². The zero-order chi connectivity index (χ0) is 13.9. The number of hydrogen-bond donors (Lipinski definition) is 1. The number of rotatable bonds is 5. The topological polar surface area (TPSA) is 50.9 Å². The van der Waals surface area contributed by atoms with Gasteiger partial charge in [-0.1, -0.05) is 40.0 Å². The van der Waals surface area contributed by atoms with E-state index in [0.29, 0.717) is 12.3 Å². The van der Waals surface area contributed by atoms with E-state index in [9.17, 15) is 5.11 Å². The molecule has 1 N–H and O–H groups in total. The van der Waals surface area contributed by atoms with Crippen molar-refractivity contribution in [3.05, 3.63) is 12.2 Å². The molecule has 1 atom stereocenters. The summed E-state index contributed by atoms with van der Waals surface area (Å²) in [6.45, 7) is 7.44. The fourth-order valence-electron chi connectivity index (χ4n) is 3.06. The lowest BCUT2D eigenvalue weighted by molar-refractivity contribution is 0.00835. The van der Waals surface area contributed by atoms with Crippen LogP contribution in [0.25, 0.3) is 0 Å². The molecule has 0 bridgehead atoms. The molecule has 19 heavy (non-hydrogen) atoms. The van der Waals surface area contributed by atoms with E-state index in [2.05, 4.69) is 30.9 Å². The lowest BCUT2D eigenvalue weighted by atomic mass is 9.71. The zero-order valence-electron chi connectivity index (χ0n) is 12.5. The number of nitrogens with zero attached hydrogens (tertiary/aromatic N) is 3. The highest BCUT2D eigenvalue weighted by Crippen LogP contribution is 2.39. The van der Waals surface area contributed by atoms with Gasteiger partial charge >= 0.3 is 0 Å². The van der Waals surface area contributed by atoms with E-state index >= 15 is 0 Å². The first-order valence-electron chi connectivity index (χ1n) is 7.56. The van der Waals surface area contributed by atoms with Crippen molar-refractivity contribution in [3.63, 3.8) is 0 Å². The molecule has 0 radical (unpaired) electrons. The van der Waals surface area contributed by atoms with E-state index in [-0.39, 0.29) is 11.5 Å². The number of hydrogen-bond acceptors (Lipinski definition) is 3. The summed E-state index contributed by atoms with van der Waals surface area (Å²) in [6, 6.07) is 0. The van der Waals surface area contributed by atoms with Gasteiger partial charge in [0, 0.05) is 13.0 Å². The van der Waals surface area contributed by atoms with E-state index in [1.54, 1.807) is 6.33 Å². The van der Waals surface area contributed by atoms with Crippen LogP contribution in [-0.2, 0) is 13.0 Å². The minimum atomic E-state index is -0.303. The van der Waals surface area contributed by atoms with Gasteiger partial charge in [0.05, 0.1) is 6.10 Å². The molecule has 1 aromatic heterocycles. The van der Waals surface area contributed by atoms with Crippen LogP contribution in [0.15, 0.2) is 6.33 Å². The molecule has 4 nitrogen and oxygen atoms in total. The van der Waals surface area contributed by atoms with Gasteiger partial charge in [0.2, 0.25) is 0 Å². The maximum Gasteiger partial charge on any atom is 0.138 e. The third kappa shape index (κ3) is 3.56. The Balaban J connectivity index is 2.02. The molecule has 2 rings (SSSR count). The van der Waals surface area contributed by atoms with Crippen molar-refractivity contribution >= 4 is 0 Å². The van der Waals surface area contributed by atoms with Crippen molar-refractivity contribution in [1.29, 1.82) is 0 Å². The molecule has 1 aliphatic rings. The van der Waals surface area contributed by atoms with Crippen LogP contribution < -0.4 is 0 Å². The normalized spacial score (nSPS) is 20.7. The summed E-state index contributed by atoms with van der Waals surface area (Å²) in [5.41, 5.74) is 0.0624. The van der Waals surface area contributed by atoms with E-state index in [1.165, 1.54) is 19.3 Å². The van der Waals surface area contributed by atoms with Gasteiger partial charge < -0.3 is 5.11 Å². The van der Waals surface area contributed by atoms with Crippen molar-refractivity contribution in [2.75, 3.05) is 0 Å². The summed E-state index contributed by atoms with van der Waals surface area (Å²) in [4.78, 5) is 4.33. The minimum Gasteiger partial charge on any atom is -0.392 e. The average Bonchev–Trinajstić information content (AvgIpc) is 2.76. The summed E-state index contributed by atoms with van der Waals surface area (Å²) in [5.74, 6) is 1.47. The second kappa shape index (κ2) is 6.04. The molecule has 1 aliphatic carbocycles. The molecule has 0 aromatic carbocycles. The van der Waals surface area contributed by atoms with Gasteiger partial charge in [-0.3, -0.25) is 0 Å². The molecular formula is C15H27N3O. The summed E-state index contributed by atoms with van der Waals surface area (Å²) in [5, 5.41) is 14.9. The molecule has 1 unspecified atom stereocenters. The maximum atomic E-state index is 10.6. The first-order chi connectivity index (χ1) is 9.01. The number of aromatic nitrogens is 3.